The molecule has 0 unspecified atom stereocenters. The summed E-state index contributed by atoms with van der Waals surface area (Å²) in [4.78, 5) is 16.3. The van der Waals surface area contributed by atoms with Crippen molar-refractivity contribution in [3.05, 3.63) is 29.6 Å². The number of ether oxygens (including phenoxy) is 1. The molecule has 4 nitrogen and oxygen atoms in total. The minimum absolute atomic E-state index is 0.208. The van der Waals surface area contributed by atoms with Crippen molar-refractivity contribution >= 4 is 33.2 Å². The number of rotatable bonds is 1. The number of thiophene rings is 1. The first-order valence-electron chi connectivity index (χ1n) is 7.63. The maximum Gasteiger partial charge on any atom is 0.410 e. The average Bonchev–Trinajstić information content (AvgIpc) is 2.94. The highest BCUT2D eigenvalue weighted by molar-refractivity contribution is 7.17. The van der Waals surface area contributed by atoms with E-state index in [1.54, 1.807) is 16.2 Å². The topological polar surface area (TPSA) is 32.8 Å². The number of nitrogens with zero attached hydrogens (tertiary/aromatic N) is 2. The van der Waals surface area contributed by atoms with Crippen molar-refractivity contribution in [3.8, 4) is 0 Å². The fourth-order valence-electron chi connectivity index (χ4n) is 2.71. The van der Waals surface area contributed by atoms with Crippen molar-refractivity contribution in [3.63, 3.8) is 0 Å². The van der Waals surface area contributed by atoms with Gasteiger partial charge in [0.2, 0.25) is 0 Å². The molecule has 22 heavy (non-hydrogen) atoms. The fourth-order valence-corrected chi connectivity index (χ4v) is 3.52. The molecule has 0 saturated carbocycles. The Kier molecular flexibility index (Phi) is 4.00. The van der Waals surface area contributed by atoms with Gasteiger partial charge >= 0.3 is 6.09 Å². The van der Waals surface area contributed by atoms with Crippen LogP contribution in [0.15, 0.2) is 29.6 Å². The van der Waals surface area contributed by atoms with E-state index in [0.29, 0.717) is 13.1 Å². The third-order valence-electron chi connectivity index (χ3n) is 3.74. The van der Waals surface area contributed by atoms with Crippen LogP contribution in [0.5, 0.6) is 0 Å². The van der Waals surface area contributed by atoms with E-state index >= 15 is 0 Å². The maximum atomic E-state index is 12.1. The summed E-state index contributed by atoms with van der Waals surface area (Å²) in [5.74, 6) is 0. The Labute approximate surface area is 135 Å². The van der Waals surface area contributed by atoms with Crippen LogP contribution in [0.1, 0.15) is 20.8 Å². The largest absolute Gasteiger partial charge is 0.444 e. The van der Waals surface area contributed by atoms with E-state index in [1.165, 1.54) is 15.8 Å². The van der Waals surface area contributed by atoms with Crippen LogP contribution in [-0.4, -0.2) is 42.8 Å². The number of carbonyl (C=O) groups is 1. The van der Waals surface area contributed by atoms with Crippen molar-refractivity contribution in [2.45, 2.75) is 26.4 Å². The lowest BCUT2D eigenvalue weighted by Gasteiger charge is -2.37. The summed E-state index contributed by atoms with van der Waals surface area (Å²) in [5.41, 5.74) is 0.832. The quantitative estimate of drug-likeness (QED) is 0.798. The van der Waals surface area contributed by atoms with Crippen LogP contribution in [0.4, 0.5) is 10.5 Å². The lowest BCUT2D eigenvalue weighted by atomic mass is 10.2. The minimum atomic E-state index is -0.434. The van der Waals surface area contributed by atoms with E-state index in [-0.39, 0.29) is 6.09 Å². The van der Waals surface area contributed by atoms with Gasteiger partial charge in [0.15, 0.2) is 0 Å². The number of hydrogen-bond donors (Lipinski definition) is 0. The lowest BCUT2D eigenvalue weighted by molar-refractivity contribution is 0.0241. The summed E-state index contributed by atoms with van der Waals surface area (Å²) in [5, 5.41) is 3.43. The fraction of sp³-hybridized carbons (Fsp3) is 0.471. The molecule has 1 fully saturated rings. The Hall–Kier alpha value is -1.75. The van der Waals surface area contributed by atoms with Crippen molar-refractivity contribution in [1.82, 2.24) is 4.90 Å². The zero-order valence-corrected chi connectivity index (χ0v) is 14.2. The Morgan fingerprint density at radius 3 is 2.55 bits per heavy atom. The van der Waals surface area contributed by atoms with Crippen molar-refractivity contribution in [2.24, 2.45) is 0 Å². The van der Waals surface area contributed by atoms with E-state index in [2.05, 4.69) is 34.5 Å². The Bertz CT molecular complexity index is 667. The van der Waals surface area contributed by atoms with E-state index in [0.717, 1.165) is 13.1 Å². The number of anilines is 1. The molecule has 3 rings (SSSR count). The zero-order chi connectivity index (χ0) is 15.7. The number of piperazine rings is 1. The molecule has 0 aliphatic carbocycles. The van der Waals surface area contributed by atoms with Gasteiger partial charge in [-0.15, -0.1) is 11.3 Å². The maximum absolute atomic E-state index is 12.1. The van der Waals surface area contributed by atoms with E-state index in [4.69, 9.17) is 4.74 Å². The van der Waals surface area contributed by atoms with Crippen LogP contribution < -0.4 is 4.90 Å². The monoisotopic (exact) mass is 318 g/mol. The first-order chi connectivity index (χ1) is 10.4. The molecule has 0 atom stereocenters. The Balaban J connectivity index is 1.67. The third-order valence-corrected chi connectivity index (χ3v) is 4.63. The van der Waals surface area contributed by atoms with Crippen molar-refractivity contribution in [2.75, 3.05) is 31.1 Å². The van der Waals surface area contributed by atoms with Crippen LogP contribution in [-0.2, 0) is 4.74 Å². The third kappa shape index (κ3) is 3.19. The molecular formula is C17H22N2O2S. The predicted octanol–water partition coefficient (Wildman–Crippen LogP) is 3.96. The summed E-state index contributed by atoms with van der Waals surface area (Å²) < 4.78 is 6.76. The summed E-state index contributed by atoms with van der Waals surface area (Å²) in [7, 11) is 0. The molecule has 1 saturated heterocycles. The van der Waals surface area contributed by atoms with Gasteiger partial charge in [-0.3, -0.25) is 0 Å². The smallest absolute Gasteiger partial charge is 0.410 e. The van der Waals surface area contributed by atoms with Crippen molar-refractivity contribution < 1.29 is 9.53 Å². The molecule has 0 spiro atoms. The summed E-state index contributed by atoms with van der Waals surface area (Å²) in [6, 6.07) is 8.60. The number of hydrogen-bond acceptors (Lipinski definition) is 4. The van der Waals surface area contributed by atoms with E-state index < -0.39 is 5.60 Å². The number of fused-ring (bicyclic) bond motifs is 1. The van der Waals surface area contributed by atoms with Gasteiger partial charge in [-0.1, -0.05) is 6.07 Å². The van der Waals surface area contributed by atoms with Gasteiger partial charge < -0.3 is 14.5 Å². The summed E-state index contributed by atoms with van der Waals surface area (Å²) in [6.07, 6.45) is -0.208. The normalized spacial score (nSPS) is 16.1. The Morgan fingerprint density at radius 1 is 1.14 bits per heavy atom. The molecule has 0 radical (unpaired) electrons. The highest BCUT2D eigenvalue weighted by atomic mass is 32.1. The van der Waals surface area contributed by atoms with Crippen molar-refractivity contribution in [1.29, 1.82) is 0 Å². The molecule has 2 heterocycles. The molecule has 2 aromatic rings. The second kappa shape index (κ2) is 5.80. The molecule has 1 aliphatic heterocycles. The SMILES string of the molecule is CC(C)(C)OC(=O)N1CCN(c2cccc3sccc23)CC1. The van der Waals surface area contributed by atoms with Gasteiger partial charge in [-0.2, -0.15) is 0 Å². The van der Waals surface area contributed by atoms with Crippen LogP contribution in [0, 0.1) is 0 Å². The van der Waals surface area contributed by atoms with Crippen LogP contribution >= 0.6 is 11.3 Å². The molecule has 118 valence electrons. The second-order valence-corrected chi connectivity index (χ2v) is 7.51. The number of benzene rings is 1. The molecule has 5 heteroatoms. The minimum Gasteiger partial charge on any atom is -0.444 e. The first kappa shape index (κ1) is 15.2. The van der Waals surface area contributed by atoms with Crippen LogP contribution in [0.25, 0.3) is 10.1 Å². The molecule has 1 aromatic carbocycles. The number of amides is 1. The predicted molar refractivity (Wildman–Crippen MR) is 91.8 cm³/mol. The van der Waals surface area contributed by atoms with E-state index in [1.807, 2.05) is 20.8 Å². The summed E-state index contributed by atoms with van der Waals surface area (Å²) >= 11 is 1.77. The van der Waals surface area contributed by atoms with Crippen LogP contribution in [0.3, 0.4) is 0 Å². The molecule has 1 amide bonds. The van der Waals surface area contributed by atoms with Gasteiger partial charge in [0.05, 0.1) is 0 Å². The summed E-state index contributed by atoms with van der Waals surface area (Å²) in [6.45, 7) is 8.79. The standard InChI is InChI=1S/C17H22N2O2S/c1-17(2,3)21-16(20)19-10-8-18(9-11-19)14-5-4-6-15-13(14)7-12-22-15/h4-7,12H,8-11H2,1-3H3. The Morgan fingerprint density at radius 2 is 1.86 bits per heavy atom. The molecule has 0 bridgehead atoms. The molecule has 1 aromatic heterocycles. The van der Waals surface area contributed by atoms with Gasteiger partial charge in [0.25, 0.3) is 0 Å². The molecule has 0 N–H and O–H groups in total. The van der Waals surface area contributed by atoms with Gasteiger partial charge in [-0.05, 0) is 44.4 Å². The van der Waals surface area contributed by atoms with Gasteiger partial charge in [0.1, 0.15) is 5.60 Å². The molecule has 1 aliphatic rings. The molecular weight excluding hydrogens is 296 g/mol. The van der Waals surface area contributed by atoms with Gasteiger partial charge in [-0.25, -0.2) is 4.79 Å². The van der Waals surface area contributed by atoms with Crippen LogP contribution in [0.2, 0.25) is 0 Å². The lowest BCUT2D eigenvalue weighted by Crippen LogP contribution is -2.50. The zero-order valence-electron chi connectivity index (χ0n) is 13.3. The highest BCUT2D eigenvalue weighted by Crippen LogP contribution is 2.31. The average molecular weight is 318 g/mol. The second-order valence-electron chi connectivity index (χ2n) is 6.56. The number of carbonyl (C=O) groups excluding carboxylic acids is 1. The highest BCUT2D eigenvalue weighted by Gasteiger charge is 2.26. The van der Waals surface area contributed by atoms with Gasteiger partial charge in [0, 0.05) is 42.0 Å². The van der Waals surface area contributed by atoms with E-state index in [9.17, 15) is 4.79 Å². The first-order valence-corrected chi connectivity index (χ1v) is 8.51.